The van der Waals surface area contributed by atoms with Gasteiger partial charge in [0.15, 0.2) is 0 Å². The van der Waals surface area contributed by atoms with Crippen LogP contribution in [0.4, 0.5) is 0 Å². The predicted octanol–water partition coefficient (Wildman–Crippen LogP) is 6.09. The van der Waals surface area contributed by atoms with Gasteiger partial charge in [0.05, 0.1) is 10.8 Å². The summed E-state index contributed by atoms with van der Waals surface area (Å²) in [7, 11) is 0. The molecule has 0 amide bonds. The molecule has 4 heteroatoms. The first-order valence-electron chi connectivity index (χ1n) is 9.85. The summed E-state index contributed by atoms with van der Waals surface area (Å²) in [6, 6.07) is 0. The molecular formula is C22H42O4. The summed E-state index contributed by atoms with van der Waals surface area (Å²) in [5.41, 5.74) is -3.18. The highest BCUT2D eigenvalue weighted by molar-refractivity contribution is 5.87. The zero-order valence-electron chi connectivity index (χ0n) is 18.7. The van der Waals surface area contributed by atoms with Gasteiger partial charge in [0.2, 0.25) is 0 Å². The molecule has 2 atom stereocenters. The van der Waals surface area contributed by atoms with Gasteiger partial charge in [-0.05, 0) is 48.3 Å². The fraction of sp³-hybridized carbons (Fsp3) is 0.909. The number of hydrogen-bond acceptors (Lipinski definition) is 2. The fourth-order valence-electron chi connectivity index (χ4n) is 4.81. The number of hydrogen-bond donors (Lipinski definition) is 2. The zero-order valence-corrected chi connectivity index (χ0v) is 18.7. The smallest absolute Gasteiger partial charge is 0.310 e. The lowest BCUT2D eigenvalue weighted by Gasteiger charge is -2.51. The SMILES string of the molecule is CC(C)CC(CC(C)(C)C)(C(=O)O)C(CC(C)C)(CC(C)(C)C)C(=O)O. The standard InChI is InChI=1S/C22H42O4/c1-15(2)11-21(17(23)24,13-19(5,6)7)22(18(25)26,12-16(3)4)14-20(8,9)10/h15-16H,11-14H2,1-10H3,(H,23,24)(H,25,26). The van der Waals surface area contributed by atoms with Crippen LogP contribution in [0.15, 0.2) is 0 Å². The molecule has 0 saturated heterocycles. The highest BCUT2D eigenvalue weighted by Gasteiger charge is 2.62. The Morgan fingerprint density at radius 3 is 1.00 bits per heavy atom. The summed E-state index contributed by atoms with van der Waals surface area (Å²) < 4.78 is 0. The van der Waals surface area contributed by atoms with Gasteiger partial charge in [-0.15, -0.1) is 0 Å². The van der Waals surface area contributed by atoms with Crippen LogP contribution in [-0.4, -0.2) is 22.2 Å². The Morgan fingerprint density at radius 1 is 0.654 bits per heavy atom. The van der Waals surface area contributed by atoms with E-state index in [0.29, 0.717) is 25.7 Å². The summed E-state index contributed by atoms with van der Waals surface area (Å²) in [5, 5.41) is 20.9. The van der Waals surface area contributed by atoms with E-state index in [-0.39, 0.29) is 22.7 Å². The lowest BCUT2D eigenvalue weighted by atomic mass is 9.49. The second-order valence-electron chi connectivity index (χ2n) is 11.4. The van der Waals surface area contributed by atoms with E-state index < -0.39 is 22.8 Å². The summed E-state index contributed by atoms with van der Waals surface area (Å²) in [4.78, 5) is 25.6. The molecule has 0 bridgehead atoms. The lowest BCUT2D eigenvalue weighted by Crippen LogP contribution is -2.56. The largest absolute Gasteiger partial charge is 0.481 e. The van der Waals surface area contributed by atoms with E-state index in [4.69, 9.17) is 0 Å². The van der Waals surface area contributed by atoms with E-state index in [1.165, 1.54) is 0 Å². The van der Waals surface area contributed by atoms with E-state index in [1.807, 2.05) is 69.2 Å². The van der Waals surface area contributed by atoms with Gasteiger partial charge in [-0.3, -0.25) is 9.59 Å². The van der Waals surface area contributed by atoms with Gasteiger partial charge in [0, 0.05) is 0 Å². The van der Waals surface area contributed by atoms with Crippen molar-refractivity contribution in [3.63, 3.8) is 0 Å². The first-order chi connectivity index (χ1) is 11.4. The molecule has 0 radical (unpaired) electrons. The molecule has 2 N–H and O–H groups in total. The average Bonchev–Trinajstić information content (AvgIpc) is 2.31. The highest BCUT2D eigenvalue weighted by atomic mass is 16.4. The summed E-state index contributed by atoms with van der Waals surface area (Å²) in [6.07, 6.45) is 1.44. The molecule has 4 nitrogen and oxygen atoms in total. The number of carboxylic acids is 2. The van der Waals surface area contributed by atoms with E-state index in [9.17, 15) is 19.8 Å². The molecule has 154 valence electrons. The Kier molecular flexibility index (Phi) is 7.97. The molecule has 0 aromatic heterocycles. The minimum Gasteiger partial charge on any atom is -0.481 e. The number of carbonyl (C=O) groups is 2. The highest BCUT2D eigenvalue weighted by Crippen LogP contribution is 2.58. The second kappa shape index (κ2) is 8.31. The molecule has 0 fully saturated rings. The minimum absolute atomic E-state index is 0.0966. The molecule has 0 aliphatic rings. The Balaban J connectivity index is 6.91. The van der Waals surface area contributed by atoms with Crippen LogP contribution in [0.2, 0.25) is 0 Å². The third kappa shape index (κ3) is 6.28. The molecule has 0 saturated carbocycles. The van der Waals surface area contributed by atoms with Crippen molar-refractivity contribution in [2.45, 2.75) is 94.9 Å². The Hall–Kier alpha value is -1.06. The maximum atomic E-state index is 12.8. The molecule has 0 aromatic carbocycles. The van der Waals surface area contributed by atoms with Gasteiger partial charge < -0.3 is 10.2 Å². The van der Waals surface area contributed by atoms with Crippen LogP contribution >= 0.6 is 0 Å². The summed E-state index contributed by atoms with van der Waals surface area (Å²) in [5.74, 6) is -1.74. The van der Waals surface area contributed by atoms with Crippen LogP contribution in [0.5, 0.6) is 0 Å². The monoisotopic (exact) mass is 370 g/mol. The van der Waals surface area contributed by atoms with Crippen molar-refractivity contribution in [3.05, 3.63) is 0 Å². The van der Waals surface area contributed by atoms with Gasteiger partial charge in [-0.25, -0.2) is 0 Å². The lowest BCUT2D eigenvalue weighted by molar-refractivity contribution is -0.186. The third-order valence-electron chi connectivity index (χ3n) is 4.91. The van der Waals surface area contributed by atoms with Crippen molar-refractivity contribution < 1.29 is 19.8 Å². The van der Waals surface area contributed by atoms with Gasteiger partial charge in [0.25, 0.3) is 0 Å². The average molecular weight is 371 g/mol. The van der Waals surface area contributed by atoms with Crippen molar-refractivity contribution in [2.75, 3.05) is 0 Å². The number of carboxylic acid groups (broad SMARTS) is 2. The van der Waals surface area contributed by atoms with E-state index in [1.54, 1.807) is 0 Å². The topological polar surface area (TPSA) is 74.6 Å². The first-order valence-corrected chi connectivity index (χ1v) is 9.85. The van der Waals surface area contributed by atoms with E-state index >= 15 is 0 Å². The zero-order chi connectivity index (χ0) is 21.1. The minimum atomic E-state index is -1.30. The van der Waals surface area contributed by atoms with Crippen LogP contribution in [0, 0.1) is 33.5 Å². The van der Waals surface area contributed by atoms with Crippen LogP contribution in [0.3, 0.4) is 0 Å². The second-order valence-corrected chi connectivity index (χ2v) is 11.4. The maximum Gasteiger partial charge on any atom is 0.310 e. The summed E-state index contributed by atoms with van der Waals surface area (Å²) in [6.45, 7) is 20.0. The Bertz CT molecular complexity index is 447. The fourth-order valence-corrected chi connectivity index (χ4v) is 4.81. The molecule has 0 aliphatic heterocycles. The van der Waals surface area contributed by atoms with E-state index in [0.717, 1.165) is 0 Å². The van der Waals surface area contributed by atoms with Crippen LogP contribution in [-0.2, 0) is 9.59 Å². The first kappa shape index (κ1) is 24.9. The van der Waals surface area contributed by atoms with Gasteiger partial charge >= 0.3 is 11.9 Å². The van der Waals surface area contributed by atoms with E-state index in [2.05, 4.69) is 0 Å². The van der Waals surface area contributed by atoms with Crippen LogP contribution in [0.25, 0.3) is 0 Å². The van der Waals surface area contributed by atoms with Crippen LogP contribution in [0.1, 0.15) is 94.9 Å². The molecule has 0 rings (SSSR count). The summed E-state index contributed by atoms with van der Waals surface area (Å²) >= 11 is 0. The quantitative estimate of drug-likeness (QED) is 0.515. The number of aliphatic carboxylic acids is 2. The Labute approximate surface area is 160 Å². The normalized spacial score (nSPS) is 17.8. The predicted molar refractivity (Wildman–Crippen MR) is 107 cm³/mol. The maximum absolute atomic E-state index is 12.8. The van der Waals surface area contributed by atoms with Gasteiger partial charge in [0.1, 0.15) is 0 Å². The molecule has 0 aliphatic carbocycles. The van der Waals surface area contributed by atoms with Crippen molar-refractivity contribution in [3.8, 4) is 0 Å². The number of rotatable bonds is 9. The molecular weight excluding hydrogens is 328 g/mol. The van der Waals surface area contributed by atoms with Crippen molar-refractivity contribution in [1.82, 2.24) is 0 Å². The van der Waals surface area contributed by atoms with Crippen molar-refractivity contribution in [2.24, 2.45) is 33.5 Å². The van der Waals surface area contributed by atoms with Crippen LogP contribution < -0.4 is 0 Å². The van der Waals surface area contributed by atoms with Crippen molar-refractivity contribution >= 4 is 11.9 Å². The molecule has 26 heavy (non-hydrogen) atoms. The molecule has 0 spiro atoms. The molecule has 2 unspecified atom stereocenters. The van der Waals surface area contributed by atoms with Gasteiger partial charge in [-0.1, -0.05) is 69.2 Å². The molecule has 0 aromatic rings. The third-order valence-corrected chi connectivity index (χ3v) is 4.91. The molecule has 0 heterocycles. The Morgan fingerprint density at radius 2 is 0.885 bits per heavy atom. The van der Waals surface area contributed by atoms with Gasteiger partial charge in [-0.2, -0.15) is 0 Å². The van der Waals surface area contributed by atoms with Crippen molar-refractivity contribution in [1.29, 1.82) is 0 Å².